The van der Waals surface area contributed by atoms with E-state index in [0.717, 1.165) is 28.7 Å². The van der Waals surface area contributed by atoms with Gasteiger partial charge < -0.3 is 10.0 Å². The van der Waals surface area contributed by atoms with Gasteiger partial charge in [0, 0.05) is 35.1 Å². The molecule has 0 radical (unpaired) electrons. The number of carbonyl (C=O) groups is 1. The van der Waals surface area contributed by atoms with Crippen LogP contribution in [-0.2, 0) is 13.0 Å². The molecule has 1 amide bonds. The molecule has 0 fully saturated rings. The van der Waals surface area contributed by atoms with Crippen molar-refractivity contribution in [1.29, 1.82) is 0 Å². The maximum atomic E-state index is 13.5. The van der Waals surface area contributed by atoms with E-state index in [1.165, 1.54) is 5.56 Å². The maximum absolute atomic E-state index is 13.5. The van der Waals surface area contributed by atoms with Crippen LogP contribution in [-0.4, -0.2) is 31.1 Å². The molecule has 7 heteroatoms. The van der Waals surface area contributed by atoms with Gasteiger partial charge in [-0.05, 0) is 53.8 Å². The fourth-order valence-corrected chi connectivity index (χ4v) is 4.56. The van der Waals surface area contributed by atoms with Crippen molar-refractivity contribution in [3.63, 3.8) is 0 Å². The van der Waals surface area contributed by atoms with Crippen LogP contribution in [0.1, 0.15) is 51.3 Å². The minimum atomic E-state index is -0.369. The fourth-order valence-electron chi connectivity index (χ4n) is 4.39. The Balaban J connectivity index is 1.67. The number of carbonyl (C=O) groups excluding carboxylic acids is 1. The first kappa shape index (κ1) is 21.2. The molecule has 0 bridgehead atoms. The smallest absolute Gasteiger partial charge is 0.273 e. The lowest BCUT2D eigenvalue weighted by Gasteiger charge is -2.26. The number of phenolic OH excluding ortho intramolecular Hbond substituents is 1. The van der Waals surface area contributed by atoms with Crippen molar-refractivity contribution in [3.8, 4) is 17.0 Å². The lowest BCUT2D eigenvalue weighted by atomic mass is 9.94. The lowest BCUT2D eigenvalue weighted by molar-refractivity contribution is 0.0730. The molecule has 0 saturated heterocycles. The van der Waals surface area contributed by atoms with Crippen LogP contribution in [0.5, 0.6) is 5.75 Å². The number of aryl methyl sites for hydroxylation is 2. The molecule has 0 aliphatic carbocycles. The van der Waals surface area contributed by atoms with Crippen LogP contribution >= 0.6 is 11.6 Å². The van der Waals surface area contributed by atoms with E-state index >= 15 is 0 Å². The monoisotopic (exact) mass is 458 g/mol. The Labute approximate surface area is 196 Å². The maximum Gasteiger partial charge on any atom is 0.273 e. The van der Waals surface area contributed by atoms with Crippen molar-refractivity contribution < 1.29 is 9.90 Å². The summed E-state index contributed by atoms with van der Waals surface area (Å²) in [6.45, 7) is 4.34. The number of pyridine rings is 1. The van der Waals surface area contributed by atoms with Crippen molar-refractivity contribution in [2.24, 2.45) is 0 Å². The van der Waals surface area contributed by atoms with Gasteiger partial charge in [-0.1, -0.05) is 48.9 Å². The normalized spacial score (nSPS) is 15.2. The minimum absolute atomic E-state index is 0.0736. The third kappa shape index (κ3) is 3.66. The second-order valence-electron chi connectivity index (χ2n) is 8.27. The van der Waals surface area contributed by atoms with E-state index < -0.39 is 0 Å². The zero-order chi connectivity index (χ0) is 23.1. The predicted molar refractivity (Wildman–Crippen MR) is 127 cm³/mol. The molecular weight excluding hydrogens is 436 g/mol. The summed E-state index contributed by atoms with van der Waals surface area (Å²) in [5.41, 5.74) is 6.08. The minimum Gasteiger partial charge on any atom is -0.507 e. The standard InChI is InChI=1S/C26H23ClN4O2/c1-3-16-6-8-18(9-7-16)25-22-23(19-12-20(27)15(2)11-21(19)32)29-30-24(22)26(33)31(25)14-17-5-4-10-28-13-17/h4-13,25,32H,3,14H2,1-2H3,(H,29,30)/t25-/m0/s1. The van der Waals surface area contributed by atoms with E-state index in [4.69, 9.17) is 11.6 Å². The van der Waals surface area contributed by atoms with E-state index in [2.05, 4.69) is 46.4 Å². The summed E-state index contributed by atoms with van der Waals surface area (Å²) in [5, 5.41) is 18.6. The number of halogens is 1. The van der Waals surface area contributed by atoms with E-state index in [9.17, 15) is 9.90 Å². The van der Waals surface area contributed by atoms with E-state index in [0.29, 0.717) is 28.5 Å². The number of aromatic nitrogens is 3. The molecule has 5 rings (SSSR count). The molecule has 33 heavy (non-hydrogen) atoms. The molecule has 0 unspecified atom stereocenters. The van der Waals surface area contributed by atoms with Crippen molar-refractivity contribution in [2.75, 3.05) is 0 Å². The van der Waals surface area contributed by atoms with Crippen LogP contribution in [0.3, 0.4) is 0 Å². The van der Waals surface area contributed by atoms with Crippen molar-refractivity contribution in [3.05, 3.63) is 99.5 Å². The number of aromatic amines is 1. The molecule has 2 N–H and O–H groups in total. The van der Waals surface area contributed by atoms with Gasteiger partial charge in [0.2, 0.25) is 0 Å². The molecule has 3 heterocycles. The highest BCUT2D eigenvalue weighted by molar-refractivity contribution is 6.31. The van der Waals surface area contributed by atoms with Gasteiger partial charge in [-0.3, -0.25) is 14.9 Å². The van der Waals surface area contributed by atoms with Gasteiger partial charge in [0.25, 0.3) is 5.91 Å². The SMILES string of the molecule is CCc1ccc([C@H]2c3c(-c4cc(Cl)c(C)cc4O)n[nH]c3C(=O)N2Cc2cccnc2)cc1. The largest absolute Gasteiger partial charge is 0.507 e. The Morgan fingerprint density at radius 3 is 2.64 bits per heavy atom. The van der Waals surface area contributed by atoms with Crippen LogP contribution in [0.4, 0.5) is 0 Å². The summed E-state index contributed by atoms with van der Waals surface area (Å²) in [7, 11) is 0. The molecule has 0 saturated carbocycles. The number of H-pyrrole nitrogens is 1. The number of benzene rings is 2. The Kier molecular flexibility index (Phi) is 5.38. The number of nitrogens with one attached hydrogen (secondary N) is 1. The molecule has 2 aromatic heterocycles. The summed E-state index contributed by atoms with van der Waals surface area (Å²) in [5.74, 6) is -0.0701. The highest BCUT2D eigenvalue weighted by Crippen LogP contribution is 2.45. The first-order valence-electron chi connectivity index (χ1n) is 10.8. The lowest BCUT2D eigenvalue weighted by Crippen LogP contribution is -2.29. The van der Waals surface area contributed by atoms with Crippen LogP contribution < -0.4 is 0 Å². The van der Waals surface area contributed by atoms with Gasteiger partial charge in [0.15, 0.2) is 0 Å². The van der Waals surface area contributed by atoms with Gasteiger partial charge in [-0.25, -0.2) is 0 Å². The highest BCUT2D eigenvalue weighted by Gasteiger charge is 2.42. The third-order valence-corrected chi connectivity index (χ3v) is 6.58. The average Bonchev–Trinajstić information content (AvgIpc) is 3.36. The van der Waals surface area contributed by atoms with Crippen LogP contribution in [0.25, 0.3) is 11.3 Å². The number of amides is 1. The number of aromatic hydroxyl groups is 1. The molecule has 1 atom stereocenters. The second kappa shape index (κ2) is 8.37. The number of phenols is 1. The van der Waals surface area contributed by atoms with Crippen LogP contribution in [0.2, 0.25) is 5.02 Å². The topological polar surface area (TPSA) is 82.1 Å². The number of rotatable bonds is 5. The van der Waals surface area contributed by atoms with Gasteiger partial charge in [0.1, 0.15) is 17.1 Å². The quantitative estimate of drug-likeness (QED) is 0.416. The Morgan fingerprint density at radius 2 is 1.94 bits per heavy atom. The van der Waals surface area contributed by atoms with Crippen molar-refractivity contribution in [2.45, 2.75) is 32.9 Å². The van der Waals surface area contributed by atoms with Crippen molar-refractivity contribution in [1.82, 2.24) is 20.1 Å². The zero-order valence-corrected chi connectivity index (χ0v) is 19.1. The number of hydrogen-bond acceptors (Lipinski definition) is 4. The third-order valence-electron chi connectivity index (χ3n) is 6.18. The highest BCUT2D eigenvalue weighted by atomic mass is 35.5. The Bertz CT molecular complexity index is 1330. The number of nitrogens with zero attached hydrogens (tertiary/aromatic N) is 3. The predicted octanol–water partition coefficient (Wildman–Crippen LogP) is 5.45. The summed E-state index contributed by atoms with van der Waals surface area (Å²) in [6, 6.07) is 15.0. The van der Waals surface area contributed by atoms with E-state index in [-0.39, 0.29) is 17.7 Å². The van der Waals surface area contributed by atoms with Crippen molar-refractivity contribution >= 4 is 17.5 Å². The molecule has 2 aromatic carbocycles. The first-order chi connectivity index (χ1) is 16.0. The molecule has 1 aliphatic heterocycles. The molecule has 6 nitrogen and oxygen atoms in total. The zero-order valence-electron chi connectivity index (χ0n) is 18.3. The second-order valence-corrected chi connectivity index (χ2v) is 8.68. The molecular formula is C26H23ClN4O2. The molecule has 166 valence electrons. The Morgan fingerprint density at radius 1 is 1.15 bits per heavy atom. The van der Waals surface area contributed by atoms with E-state index in [1.807, 2.05) is 24.0 Å². The molecule has 4 aromatic rings. The van der Waals surface area contributed by atoms with Gasteiger partial charge >= 0.3 is 0 Å². The van der Waals surface area contributed by atoms with Gasteiger partial charge in [-0.15, -0.1) is 0 Å². The summed E-state index contributed by atoms with van der Waals surface area (Å²) in [4.78, 5) is 19.5. The van der Waals surface area contributed by atoms with Crippen LogP contribution in [0.15, 0.2) is 60.9 Å². The fraction of sp³-hybridized carbons (Fsp3) is 0.192. The average molecular weight is 459 g/mol. The van der Waals surface area contributed by atoms with Gasteiger partial charge in [-0.2, -0.15) is 5.10 Å². The number of hydrogen-bond donors (Lipinski definition) is 2. The number of fused-ring (bicyclic) bond motifs is 1. The summed E-state index contributed by atoms with van der Waals surface area (Å²) in [6.07, 6.45) is 4.41. The Hall–Kier alpha value is -3.64. The van der Waals surface area contributed by atoms with Gasteiger partial charge in [0.05, 0.1) is 6.04 Å². The van der Waals surface area contributed by atoms with Crippen LogP contribution in [0, 0.1) is 6.92 Å². The first-order valence-corrected chi connectivity index (χ1v) is 11.2. The summed E-state index contributed by atoms with van der Waals surface area (Å²) >= 11 is 6.37. The van der Waals surface area contributed by atoms with E-state index in [1.54, 1.807) is 24.5 Å². The molecule has 0 spiro atoms. The summed E-state index contributed by atoms with van der Waals surface area (Å²) < 4.78 is 0. The molecule has 1 aliphatic rings.